The largest absolute Gasteiger partial charge is 0.478 e. The second-order valence-corrected chi connectivity index (χ2v) is 5.39. The van der Waals surface area contributed by atoms with E-state index in [2.05, 4.69) is 15.9 Å². The van der Waals surface area contributed by atoms with Gasteiger partial charge in [0.15, 0.2) is 0 Å². The van der Waals surface area contributed by atoms with E-state index >= 15 is 0 Å². The van der Waals surface area contributed by atoms with Crippen molar-refractivity contribution in [2.75, 3.05) is 0 Å². The Morgan fingerprint density at radius 1 is 1.29 bits per heavy atom. The molecule has 2 rings (SSSR count). The molecule has 0 aliphatic rings. The summed E-state index contributed by atoms with van der Waals surface area (Å²) in [6.07, 6.45) is 2.42. The molecule has 0 amide bonds. The summed E-state index contributed by atoms with van der Waals surface area (Å²) in [5.41, 5.74) is 0.621. The first-order valence-electron chi connectivity index (χ1n) is 5.78. The van der Waals surface area contributed by atoms with Crippen molar-refractivity contribution in [1.29, 1.82) is 0 Å². The maximum atomic E-state index is 13.3. The first-order chi connectivity index (χ1) is 9.94. The highest BCUT2D eigenvalue weighted by Gasteiger charge is 2.06. The van der Waals surface area contributed by atoms with Gasteiger partial charge in [-0.3, -0.25) is 0 Å². The van der Waals surface area contributed by atoms with Gasteiger partial charge in [0.25, 0.3) is 0 Å². The number of carbonyl (C=O) groups is 1. The van der Waals surface area contributed by atoms with Crippen LogP contribution >= 0.6 is 27.5 Å². The number of rotatable bonds is 4. The fourth-order valence-electron chi connectivity index (χ4n) is 1.59. The molecule has 3 nitrogen and oxygen atoms in total. The van der Waals surface area contributed by atoms with Crippen LogP contribution in [0.1, 0.15) is 5.56 Å². The second kappa shape index (κ2) is 6.74. The summed E-state index contributed by atoms with van der Waals surface area (Å²) in [5.74, 6) is -0.827. The predicted molar refractivity (Wildman–Crippen MR) is 82.3 cm³/mol. The van der Waals surface area contributed by atoms with Crippen LogP contribution in [0.3, 0.4) is 0 Å². The molecule has 2 aromatic rings. The van der Waals surface area contributed by atoms with Crippen LogP contribution in [0.15, 0.2) is 46.9 Å². The van der Waals surface area contributed by atoms with Crippen molar-refractivity contribution in [2.24, 2.45) is 0 Å². The number of halogens is 3. The van der Waals surface area contributed by atoms with Crippen molar-refractivity contribution < 1.29 is 19.0 Å². The Hall–Kier alpha value is -1.85. The maximum Gasteiger partial charge on any atom is 0.328 e. The van der Waals surface area contributed by atoms with Crippen molar-refractivity contribution in [3.05, 3.63) is 63.4 Å². The molecule has 0 saturated carbocycles. The molecule has 2 aromatic carbocycles. The molecule has 0 aromatic heterocycles. The van der Waals surface area contributed by atoms with Gasteiger partial charge in [-0.15, -0.1) is 0 Å². The summed E-state index contributed by atoms with van der Waals surface area (Å²) in [5, 5.41) is 8.86. The van der Waals surface area contributed by atoms with Gasteiger partial charge >= 0.3 is 5.97 Å². The van der Waals surface area contributed by atoms with Gasteiger partial charge in [-0.2, -0.15) is 0 Å². The Balaban J connectivity index is 2.23. The van der Waals surface area contributed by atoms with Crippen molar-refractivity contribution in [3.8, 4) is 11.5 Å². The highest BCUT2D eigenvalue weighted by Crippen LogP contribution is 2.32. The summed E-state index contributed by atoms with van der Waals surface area (Å²) in [4.78, 5) is 10.4. The molecule has 0 bridgehead atoms. The quantitative estimate of drug-likeness (QED) is 0.758. The van der Waals surface area contributed by atoms with Gasteiger partial charge < -0.3 is 9.84 Å². The number of benzene rings is 2. The Morgan fingerprint density at radius 3 is 2.67 bits per heavy atom. The Labute approximate surface area is 133 Å². The molecule has 0 fully saturated rings. The van der Waals surface area contributed by atoms with Crippen molar-refractivity contribution in [1.82, 2.24) is 0 Å². The highest BCUT2D eigenvalue weighted by atomic mass is 79.9. The van der Waals surface area contributed by atoms with E-state index in [1.807, 2.05) is 0 Å². The monoisotopic (exact) mass is 370 g/mol. The SMILES string of the molecule is O=C(O)/C=C/c1ccc(Oc2cc(F)cc(Br)c2)c(Cl)c1. The van der Waals surface area contributed by atoms with E-state index < -0.39 is 11.8 Å². The molecule has 21 heavy (non-hydrogen) atoms. The zero-order valence-corrected chi connectivity index (χ0v) is 12.9. The first kappa shape index (κ1) is 15.5. The number of carboxylic acid groups (broad SMARTS) is 1. The lowest BCUT2D eigenvalue weighted by Gasteiger charge is -2.08. The first-order valence-corrected chi connectivity index (χ1v) is 6.95. The molecule has 6 heteroatoms. The van der Waals surface area contributed by atoms with Crippen LogP contribution in [0.4, 0.5) is 4.39 Å². The smallest absolute Gasteiger partial charge is 0.328 e. The van der Waals surface area contributed by atoms with E-state index in [9.17, 15) is 9.18 Å². The minimum absolute atomic E-state index is 0.294. The third-order valence-corrected chi connectivity index (χ3v) is 3.19. The van der Waals surface area contributed by atoms with Crippen LogP contribution in [0, 0.1) is 5.82 Å². The van der Waals surface area contributed by atoms with Crippen molar-refractivity contribution in [2.45, 2.75) is 0 Å². The van der Waals surface area contributed by atoms with E-state index in [0.29, 0.717) is 26.6 Å². The molecular weight excluding hydrogens is 363 g/mol. The predicted octanol–water partition coefficient (Wildman–Crippen LogP) is 5.13. The molecular formula is C15H9BrClFO3. The van der Waals surface area contributed by atoms with E-state index in [1.165, 1.54) is 18.2 Å². The van der Waals surface area contributed by atoms with Crippen LogP contribution in [0.2, 0.25) is 5.02 Å². The second-order valence-electron chi connectivity index (χ2n) is 4.07. The molecule has 0 heterocycles. The Bertz CT molecular complexity index is 696. The number of ether oxygens (including phenoxy) is 1. The van der Waals surface area contributed by atoms with Crippen LogP contribution in [-0.4, -0.2) is 11.1 Å². The van der Waals surface area contributed by atoms with Crippen molar-refractivity contribution >= 4 is 39.6 Å². The summed E-state index contributed by atoms with van der Waals surface area (Å²) < 4.78 is 19.3. The van der Waals surface area contributed by atoms with E-state index in [-0.39, 0.29) is 0 Å². The Morgan fingerprint density at radius 2 is 2.05 bits per heavy atom. The molecule has 0 aliphatic heterocycles. The van der Waals surface area contributed by atoms with Crippen LogP contribution in [0.25, 0.3) is 6.08 Å². The van der Waals surface area contributed by atoms with E-state index in [0.717, 1.165) is 6.08 Å². The van der Waals surface area contributed by atoms with Crippen LogP contribution in [0.5, 0.6) is 11.5 Å². The average molecular weight is 372 g/mol. The number of aliphatic carboxylic acids is 1. The number of hydrogen-bond acceptors (Lipinski definition) is 2. The Kier molecular flexibility index (Phi) is 4.98. The van der Waals surface area contributed by atoms with Gasteiger partial charge in [0.2, 0.25) is 0 Å². The topological polar surface area (TPSA) is 46.5 Å². The lowest BCUT2D eigenvalue weighted by molar-refractivity contribution is -0.131. The van der Waals surface area contributed by atoms with Gasteiger partial charge in [-0.25, -0.2) is 9.18 Å². The number of hydrogen-bond donors (Lipinski definition) is 1. The fraction of sp³-hybridized carbons (Fsp3) is 0. The van der Waals surface area contributed by atoms with Gasteiger partial charge in [0.1, 0.15) is 17.3 Å². The third kappa shape index (κ3) is 4.58. The number of carboxylic acids is 1. The van der Waals surface area contributed by atoms with Crippen molar-refractivity contribution in [3.63, 3.8) is 0 Å². The third-order valence-electron chi connectivity index (χ3n) is 2.44. The van der Waals surface area contributed by atoms with E-state index in [1.54, 1.807) is 24.3 Å². The maximum absolute atomic E-state index is 13.3. The van der Waals surface area contributed by atoms with Gasteiger partial charge in [0, 0.05) is 16.6 Å². The molecule has 0 saturated heterocycles. The average Bonchev–Trinajstić information content (AvgIpc) is 2.38. The minimum atomic E-state index is -1.05. The normalized spacial score (nSPS) is 10.8. The lowest BCUT2D eigenvalue weighted by Crippen LogP contribution is -1.88. The molecule has 1 N–H and O–H groups in total. The molecule has 0 spiro atoms. The van der Waals surface area contributed by atoms with Gasteiger partial charge in [0.05, 0.1) is 5.02 Å². The van der Waals surface area contributed by atoms with Crippen LogP contribution in [-0.2, 0) is 4.79 Å². The summed E-state index contributed by atoms with van der Waals surface area (Å²) in [6.45, 7) is 0. The molecule has 108 valence electrons. The lowest BCUT2D eigenvalue weighted by atomic mass is 10.2. The zero-order valence-electron chi connectivity index (χ0n) is 10.5. The molecule has 0 atom stereocenters. The summed E-state index contributed by atoms with van der Waals surface area (Å²) in [6, 6.07) is 8.95. The highest BCUT2D eigenvalue weighted by molar-refractivity contribution is 9.10. The molecule has 0 radical (unpaired) electrons. The summed E-state index contributed by atoms with van der Waals surface area (Å²) >= 11 is 9.24. The van der Waals surface area contributed by atoms with E-state index in [4.69, 9.17) is 21.4 Å². The van der Waals surface area contributed by atoms with Crippen LogP contribution < -0.4 is 4.74 Å². The standard InChI is InChI=1S/C15H9BrClFO3/c16-10-6-11(18)8-12(7-10)21-14-3-1-9(5-13(14)17)2-4-15(19)20/h1-8H,(H,19,20)/b4-2+. The minimum Gasteiger partial charge on any atom is -0.478 e. The molecule has 0 aliphatic carbocycles. The van der Waals surface area contributed by atoms with Gasteiger partial charge in [-0.1, -0.05) is 33.6 Å². The fourth-order valence-corrected chi connectivity index (χ4v) is 2.26. The summed E-state index contributed by atoms with van der Waals surface area (Å²) in [7, 11) is 0. The zero-order chi connectivity index (χ0) is 15.4. The van der Waals surface area contributed by atoms with Gasteiger partial charge in [-0.05, 0) is 35.9 Å². The molecule has 0 unspecified atom stereocenters.